The van der Waals surface area contributed by atoms with Gasteiger partial charge < -0.3 is 10.1 Å². The average Bonchev–Trinajstić information content (AvgIpc) is 3.40. The summed E-state index contributed by atoms with van der Waals surface area (Å²) in [6.45, 7) is 3.28. The minimum atomic E-state index is -0.0645. The van der Waals surface area contributed by atoms with Crippen LogP contribution >= 0.6 is 11.8 Å². The van der Waals surface area contributed by atoms with E-state index in [2.05, 4.69) is 17.2 Å². The summed E-state index contributed by atoms with van der Waals surface area (Å²) in [6, 6.07) is 7.58. The van der Waals surface area contributed by atoms with E-state index in [0.29, 0.717) is 28.5 Å². The van der Waals surface area contributed by atoms with E-state index in [0.717, 1.165) is 19.4 Å². The molecule has 1 aromatic carbocycles. The van der Waals surface area contributed by atoms with Crippen molar-refractivity contribution in [2.24, 2.45) is 5.92 Å². The van der Waals surface area contributed by atoms with Crippen LogP contribution in [0.1, 0.15) is 32.6 Å². The number of benzene rings is 1. The fourth-order valence-corrected chi connectivity index (χ4v) is 4.37. The number of aromatic nitrogens is 2. The largest absolute Gasteiger partial charge is 0.376 e. The first kappa shape index (κ1) is 18.5. The number of para-hydroxylation sites is 1. The highest BCUT2D eigenvalue weighted by atomic mass is 32.2. The van der Waals surface area contributed by atoms with Gasteiger partial charge in [-0.2, -0.15) is 0 Å². The van der Waals surface area contributed by atoms with E-state index in [1.54, 1.807) is 10.6 Å². The van der Waals surface area contributed by atoms with Crippen molar-refractivity contribution in [3.8, 4) is 0 Å². The summed E-state index contributed by atoms with van der Waals surface area (Å²) in [5.41, 5.74) is 0.603. The fourth-order valence-electron chi connectivity index (χ4n) is 3.55. The molecule has 7 heteroatoms. The minimum absolute atomic E-state index is 0.00882. The molecule has 1 amide bonds. The molecule has 2 aliphatic rings. The third-order valence-corrected chi connectivity index (χ3v) is 6.26. The lowest BCUT2D eigenvalue weighted by Crippen LogP contribution is -2.35. The second-order valence-corrected chi connectivity index (χ2v) is 8.39. The molecule has 1 saturated heterocycles. The second kappa shape index (κ2) is 8.02. The first-order valence-electron chi connectivity index (χ1n) is 9.65. The third-order valence-electron chi connectivity index (χ3n) is 5.29. The standard InChI is InChI=1S/C20H25N3O3S/c1-13(14-8-9-14)21-18(24)12-27-20-22-17-7-3-2-6-16(17)19(25)23(20)11-15-5-4-10-26-15/h2-3,6-7,13-15H,4-5,8-12H2,1H3,(H,21,24)/t13-,15-/m1/s1. The lowest BCUT2D eigenvalue weighted by atomic mass is 10.2. The summed E-state index contributed by atoms with van der Waals surface area (Å²) in [4.78, 5) is 30.0. The summed E-state index contributed by atoms with van der Waals surface area (Å²) in [6.07, 6.45) is 4.39. The molecule has 1 saturated carbocycles. The predicted molar refractivity (Wildman–Crippen MR) is 106 cm³/mol. The molecule has 0 unspecified atom stereocenters. The molecular weight excluding hydrogens is 362 g/mol. The number of hydrogen-bond donors (Lipinski definition) is 1. The Hall–Kier alpha value is -1.86. The Labute approximate surface area is 162 Å². The fraction of sp³-hybridized carbons (Fsp3) is 0.550. The molecule has 2 aromatic rings. The second-order valence-electron chi connectivity index (χ2n) is 7.44. The number of carbonyl (C=O) groups excluding carboxylic acids is 1. The van der Waals surface area contributed by atoms with E-state index < -0.39 is 0 Å². The molecule has 2 atom stereocenters. The Balaban J connectivity index is 1.55. The molecule has 1 aromatic heterocycles. The van der Waals surface area contributed by atoms with Gasteiger partial charge in [0.1, 0.15) is 0 Å². The van der Waals surface area contributed by atoms with Gasteiger partial charge in [-0.3, -0.25) is 14.2 Å². The molecule has 0 bridgehead atoms. The zero-order valence-corrected chi connectivity index (χ0v) is 16.3. The van der Waals surface area contributed by atoms with Crippen molar-refractivity contribution in [1.29, 1.82) is 0 Å². The summed E-state index contributed by atoms with van der Waals surface area (Å²) in [5, 5.41) is 4.25. The van der Waals surface area contributed by atoms with Crippen molar-refractivity contribution < 1.29 is 9.53 Å². The zero-order valence-electron chi connectivity index (χ0n) is 15.5. The van der Waals surface area contributed by atoms with Crippen LogP contribution in [0.15, 0.2) is 34.2 Å². The Morgan fingerprint density at radius 3 is 2.93 bits per heavy atom. The first-order valence-corrected chi connectivity index (χ1v) is 10.6. The molecule has 2 heterocycles. The van der Waals surface area contributed by atoms with E-state index >= 15 is 0 Å². The van der Waals surface area contributed by atoms with Crippen LogP contribution in [0.4, 0.5) is 0 Å². The highest BCUT2D eigenvalue weighted by Crippen LogP contribution is 2.32. The molecule has 6 nitrogen and oxygen atoms in total. The van der Waals surface area contributed by atoms with Crippen LogP contribution in [0.2, 0.25) is 0 Å². The van der Waals surface area contributed by atoms with E-state index in [4.69, 9.17) is 4.74 Å². The number of nitrogens with one attached hydrogen (secondary N) is 1. The number of nitrogens with zero attached hydrogens (tertiary/aromatic N) is 2. The van der Waals surface area contributed by atoms with Gasteiger partial charge in [0.2, 0.25) is 5.91 Å². The SMILES string of the molecule is C[C@@H](NC(=O)CSc1nc2ccccc2c(=O)n1C[C@H]1CCCO1)C1CC1. The number of carbonyl (C=O) groups is 1. The first-order chi connectivity index (χ1) is 13.1. The number of thioether (sulfide) groups is 1. The number of hydrogen-bond acceptors (Lipinski definition) is 5. The number of amides is 1. The summed E-state index contributed by atoms with van der Waals surface area (Å²) in [7, 11) is 0. The van der Waals surface area contributed by atoms with Crippen LogP contribution < -0.4 is 10.9 Å². The predicted octanol–water partition coefficient (Wildman–Crippen LogP) is 2.58. The Kier molecular flexibility index (Phi) is 5.50. The Morgan fingerprint density at radius 2 is 2.19 bits per heavy atom. The maximum atomic E-state index is 13.0. The monoisotopic (exact) mass is 387 g/mol. The zero-order chi connectivity index (χ0) is 18.8. The summed E-state index contributed by atoms with van der Waals surface area (Å²) >= 11 is 1.33. The summed E-state index contributed by atoms with van der Waals surface area (Å²) < 4.78 is 7.40. The van der Waals surface area contributed by atoms with Gasteiger partial charge >= 0.3 is 0 Å². The van der Waals surface area contributed by atoms with Gasteiger partial charge in [0.15, 0.2) is 5.16 Å². The van der Waals surface area contributed by atoms with Gasteiger partial charge in [-0.25, -0.2) is 4.98 Å². The number of rotatable bonds is 7. The molecule has 1 aliphatic carbocycles. The van der Waals surface area contributed by atoms with Crippen molar-refractivity contribution in [2.75, 3.05) is 12.4 Å². The van der Waals surface area contributed by atoms with Crippen LogP contribution in [-0.4, -0.2) is 40.0 Å². The maximum Gasteiger partial charge on any atom is 0.262 e. The van der Waals surface area contributed by atoms with Gasteiger partial charge in [-0.15, -0.1) is 0 Å². The van der Waals surface area contributed by atoms with Crippen molar-refractivity contribution in [2.45, 2.75) is 56.5 Å². The topological polar surface area (TPSA) is 73.2 Å². The van der Waals surface area contributed by atoms with Gasteiger partial charge in [-0.05, 0) is 50.7 Å². The molecule has 2 fully saturated rings. The maximum absolute atomic E-state index is 13.0. The lowest BCUT2D eigenvalue weighted by Gasteiger charge is -2.17. The van der Waals surface area contributed by atoms with Crippen molar-refractivity contribution >= 4 is 28.6 Å². The van der Waals surface area contributed by atoms with Crippen molar-refractivity contribution in [3.05, 3.63) is 34.6 Å². The number of ether oxygens (including phenoxy) is 1. The van der Waals surface area contributed by atoms with E-state index in [9.17, 15) is 9.59 Å². The normalized spacial score (nSPS) is 20.7. The highest BCUT2D eigenvalue weighted by molar-refractivity contribution is 7.99. The Bertz CT molecular complexity index is 888. The van der Waals surface area contributed by atoms with Crippen LogP contribution in [0, 0.1) is 5.92 Å². The van der Waals surface area contributed by atoms with E-state index in [-0.39, 0.29) is 29.4 Å². The van der Waals surface area contributed by atoms with E-state index in [1.807, 2.05) is 18.2 Å². The van der Waals surface area contributed by atoms with Crippen LogP contribution in [0.25, 0.3) is 10.9 Å². The molecule has 27 heavy (non-hydrogen) atoms. The van der Waals surface area contributed by atoms with Crippen molar-refractivity contribution in [1.82, 2.24) is 14.9 Å². The molecular formula is C20H25N3O3S. The molecule has 0 spiro atoms. The van der Waals surface area contributed by atoms with Crippen LogP contribution in [-0.2, 0) is 16.1 Å². The Morgan fingerprint density at radius 1 is 1.37 bits per heavy atom. The molecule has 144 valence electrons. The van der Waals surface area contributed by atoms with Gasteiger partial charge in [0.05, 0.1) is 29.3 Å². The van der Waals surface area contributed by atoms with E-state index in [1.165, 1.54) is 24.6 Å². The smallest absolute Gasteiger partial charge is 0.262 e. The van der Waals surface area contributed by atoms with Gasteiger partial charge in [0, 0.05) is 12.6 Å². The van der Waals surface area contributed by atoms with Gasteiger partial charge in [0.25, 0.3) is 5.56 Å². The van der Waals surface area contributed by atoms with Crippen LogP contribution in [0.3, 0.4) is 0 Å². The van der Waals surface area contributed by atoms with Gasteiger partial charge in [-0.1, -0.05) is 23.9 Å². The summed E-state index contributed by atoms with van der Waals surface area (Å²) in [5.74, 6) is 0.869. The molecule has 1 N–H and O–H groups in total. The minimum Gasteiger partial charge on any atom is -0.376 e. The molecule has 4 rings (SSSR count). The molecule has 0 radical (unpaired) electrons. The average molecular weight is 388 g/mol. The third kappa shape index (κ3) is 4.35. The molecule has 1 aliphatic heterocycles. The van der Waals surface area contributed by atoms with Crippen LogP contribution in [0.5, 0.6) is 0 Å². The highest BCUT2D eigenvalue weighted by Gasteiger charge is 2.29. The van der Waals surface area contributed by atoms with Crippen molar-refractivity contribution in [3.63, 3.8) is 0 Å². The number of fused-ring (bicyclic) bond motifs is 1. The quantitative estimate of drug-likeness (QED) is 0.584. The lowest BCUT2D eigenvalue weighted by molar-refractivity contribution is -0.119.